The van der Waals surface area contributed by atoms with Crippen molar-refractivity contribution in [1.29, 1.82) is 0 Å². The molecule has 1 atom stereocenters. The highest BCUT2D eigenvalue weighted by Crippen LogP contribution is 2.41. The van der Waals surface area contributed by atoms with Crippen molar-refractivity contribution in [3.05, 3.63) is 35.4 Å². The van der Waals surface area contributed by atoms with E-state index < -0.39 is 12.0 Å². The van der Waals surface area contributed by atoms with Crippen molar-refractivity contribution >= 4 is 11.9 Å². The summed E-state index contributed by atoms with van der Waals surface area (Å²) in [5.41, 5.74) is 1.97. The third-order valence-corrected chi connectivity index (χ3v) is 4.12. The molecule has 0 aliphatic heterocycles. The Morgan fingerprint density at radius 2 is 1.75 bits per heavy atom. The number of carboxylic acid groups (broad SMARTS) is 1. The van der Waals surface area contributed by atoms with Gasteiger partial charge in [-0.3, -0.25) is 4.79 Å². The smallest absolute Gasteiger partial charge is 0.331 e. The fourth-order valence-electron chi connectivity index (χ4n) is 2.79. The average molecular weight is 273 g/mol. The van der Waals surface area contributed by atoms with Gasteiger partial charge in [-0.2, -0.15) is 0 Å². The van der Waals surface area contributed by atoms with E-state index in [0.29, 0.717) is 11.5 Å². The zero-order valence-corrected chi connectivity index (χ0v) is 11.6. The minimum absolute atomic E-state index is 0.0942. The molecule has 2 aliphatic rings. The number of hydrogen-bond acceptors (Lipinski definition) is 2. The summed E-state index contributed by atoms with van der Waals surface area (Å²) < 4.78 is 0. The molecule has 4 heteroatoms. The number of carbonyl (C=O) groups excluding carboxylic acids is 1. The number of benzene rings is 1. The summed E-state index contributed by atoms with van der Waals surface area (Å²) in [5.74, 6) is -0.461. The Kier molecular flexibility index (Phi) is 3.24. The maximum absolute atomic E-state index is 11.8. The van der Waals surface area contributed by atoms with Crippen molar-refractivity contribution in [2.24, 2.45) is 0 Å². The van der Waals surface area contributed by atoms with E-state index in [1.54, 1.807) is 0 Å². The van der Waals surface area contributed by atoms with Crippen LogP contribution in [-0.2, 0) is 9.59 Å². The van der Waals surface area contributed by atoms with Crippen LogP contribution in [0.15, 0.2) is 24.3 Å². The van der Waals surface area contributed by atoms with Crippen molar-refractivity contribution < 1.29 is 14.7 Å². The maximum atomic E-state index is 11.8. The molecule has 2 fully saturated rings. The third-order valence-electron chi connectivity index (χ3n) is 4.12. The Labute approximate surface area is 118 Å². The largest absolute Gasteiger partial charge is 0.479 e. The van der Waals surface area contributed by atoms with E-state index in [9.17, 15) is 14.7 Å². The molecule has 1 aromatic rings. The molecule has 106 valence electrons. The van der Waals surface area contributed by atoms with Gasteiger partial charge in [0.1, 0.15) is 0 Å². The zero-order valence-electron chi connectivity index (χ0n) is 11.6. The van der Waals surface area contributed by atoms with Crippen molar-refractivity contribution in [1.82, 2.24) is 4.90 Å². The summed E-state index contributed by atoms with van der Waals surface area (Å²) in [7, 11) is 0. The topological polar surface area (TPSA) is 57.6 Å². The monoisotopic (exact) mass is 273 g/mol. The molecule has 1 aromatic carbocycles. The highest BCUT2D eigenvalue weighted by molar-refractivity contribution is 5.84. The number of hydrogen-bond donors (Lipinski definition) is 1. The number of carbonyl (C=O) groups is 2. The molecule has 0 bridgehead atoms. The molecule has 0 heterocycles. The van der Waals surface area contributed by atoms with E-state index in [2.05, 4.69) is 0 Å². The van der Waals surface area contributed by atoms with Crippen LogP contribution in [0.25, 0.3) is 0 Å². The lowest BCUT2D eigenvalue weighted by Crippen LogP contribution is -2.39. The van der Waals surface area contributed by atoms with E-state index in [4.69, 9.17) is 0 Å². The Morgan fingerprint density at radius 1 is 1.15 bits per heavy atom. The molecule has 20 heavy (non-hydrogen) atoms. The van der Waals surface area contributed by atoms with Gasteiger partial charge >= 0.3 is 5.97 Å². The number of amides is 1. The van der Waals surface area contributed by atoms with E-state index in [1.807, 2.05) is 24.3 Å². The second-order valence-corrected chi connectivity index (χ2v) is 5.84. The van der Waals surface area contributed by atoms with Crippen molar-refractivity contribution in [3.63, 3.8) is 0 Å². The fraction of sp³-hybridized carbons (Fsp3) is 0.500. The first-order valence-corrected chi connectivity index (χ1v) is 7.19. The standard InChI is InChI=1S/C16H19NO3/c1-10(18)17(14-8-9-14)15(16(19)20)13-6-4-12(5-7-13)11-2-3-11/h4-7,11,14-15H,2-3,8-9H2,1H3,(H,19,20). The first-order valence-electron chi connectivity index (χ1n) is 7.19. The molecule has 2 aliphatic carbocycles. The SMILES string of the molecule is CC(=O)N(C1CC1)C(C(=O)O)c1ccc(C2CC2)cc1. The molecule has 4 nitrogen and oxygen atoms in total. The van der Waals surface area contributed by atoms with Crippen LogP contribution >= 0.6 is 0 Å². The van der Waals surface area contributed by atoms with Crippen LogP contribution in [0.5, 0.6) is 0 Å². The minimum atomic E-state index is -0.953. The lowest BCUT2D eigenvalue weighted by atomic mass is 10.0. The highest BCUT2D eigenvalue weighted by atomic mass is 16.4. The second-order valence-electron chi connectivity index (χ2n) is 5.84. The van der Waals surface area contributed by atoms with Gasteiger partial charge in [-0.25, -0.2) is 4.79 Å². The van der Waals surface area contributed by atoms with E-state index >= 15 is 0 Å². The molecule has 0 saturated heterocycles. The molecule has 0 spiro atoms. The Bertz CT molecular complexity index is 529. The predicted octanol–water partition coefficient (Wildman–Crippen LogP) is 2.70. The number of rotatable bonds is 5. The summed E-state index contributed by atoms with van der Waals surface area (Å²) in [4.78, 5) is 24.9. The Hall–Kier alpha value is -1.84. The lowest BCUT2D eigenvalue weighted by Gasteiger charge is -2.28. The third kappa shape index (κ3) is 2.55. The molecule has 0 aromatic heterocycles. The van der Waals surface area contributed by atoms with Crippen molar-refractivity contribution in [3.8, 4) is 0 Å². The summed E-state index contributed by atoms with van der Waals surface area (Å²) in [6.45, 7) is 1.45. The van der Waals surface area contributed by atoms with E-state index in [1.165, 1.54) is 30.2 Å². The molecule has 1 unspecified atom stereocenters. The van der Waals surface area contributed by atoms with E-state index in [-0.39, 0.29) is 11.9 Å². The van der Waals surface area contributed by atoms with Gasteiger partial charge in [0, 0.05) is 13.0 Å². The quantitative estimate of drug-likeness (QED) is 0.897. The zero-order chi connectivity index (χ0) is 14.3. The van der Waals surface area contributed by atoms with Gasteiger partial charge in [-0.15, -0.1) is 0 Å². The minimum Gasteiger partial charge on any atom is -0.479 e. The summed E-state index contributed by atoms with van der Waals surface area (Å²) in [6, 6.07) is 6.99. The van der Waals surface area contributed by atoms with Crippen LogP contribution in [0.1, 0.15) is 55.7 Å². The van der Waals surface area contributed by atoms with Crippen LogP contribution in [0, 0.1) is 0 Å². The Morgan fingerprint density at radius 3 is 2.15 bits per heavy atom. The van der Waals surface area contributed by atoms with Gasteiger partial charge in [0.25, 0.3) is 0 Å². The Balaban J connectivity index is 1.88. The van der Waals surface area contributed by atoms with Gasteiger partial charge in [-0.1, -0.05) is 24.3 Å². The summed E-state index contributed by atoms with van der Waals surface area (Å²) >= 11 is 0. The van der Waals surface area contributed by atoms with Crippen LogP contribution in [0.4, 0.5) is 0 Å². The van der Waals surface area contributed by atoms with Crippen LogP contribution < -0.4 is 0 Å². The van der Waals surface area contributed by atoms with E-state index in [0.717, 1.165) is 12.8 Å². The molecule has 1 N–H and O–H groups in total. The second kappa shape index (κ2) is 4.93. The summed E-state index contributed by atoms with van der Waals surface area (Å²) in [5, 5.41) is 9.52. The lowest BCUT2D eigenvalue weighted by molar-refractivity contribution is -0.150. The molecule has 3 rings (SSSR count). The first-order chi connectivity index (χ1) is 9.58. The van der Waals surface area contributed by atoms with Gasteiger partial charge < -0.3 is 10.0 Å². The normalized spacial score (nSPS) is 19.4. The molecular weight excluding hydrogens is 254 g/mol. The van der Waals surface area contributed by atoms with Crippen LogP contribution in [-0.4, -0.2) is 27.9 Å². The molecular formula is C16H19NO3. The van der Waals surface area contributed by atoms with Crippen molar-refractivity contribution in [2.45, 2.75) is 50.6 Å². The van der Waals surface area contributed by atoms with Gasteiger partial charge in [0.15, 0.2) is 6.04 Å². The fourth-order valence-corrected chi connectivity index (χ4v) is 2.79. The highest BCUT2D eigenvalue weighted by Gasteiger charge is 2.40. The number of nitrogens with zero attached hydrogens (tertiary/aromatic N) is 1. The number of carboxylic acids is 1. The molecule has 2 saturated carbocycles. The molecule has 1 amide bonds. The van der Waals surface area contributed by atoms with Crippen molar-refractivity contribution in [2.75, 3.05) is 0 Å². The molecule has 0 radical (unpaired) electrons. The first kappa shape index (κ1) is 13.2. The predicted molar refractivity (Wildman–Crippen MR) is 74.3 cm³/mol. The number of aliphatic carboxylic acids is 1. The van der Waals surface area contributed by atoms with Gasteiger partial charge in [0.2, 0.25) is 5.91 Å². The summed E-state index contributed by atoms with van der Waals surface area (Å²) in [6.07, 6.45) is 4.26. The van der Waals surface area contributed by atoms with Gasteiger partial charge in [0.05, 0.1) is 0 Å². The maximum Gasteiger partial charge on any atom is 0.331 e. The van der Waals surface area contributed by atoms with Gasteiger partial charge in [-0.05, 0) is 42.7 Å². The average Bonchev–Trinajstić information content (AvgIpc) is 3.28. The van der Waals surface area contributed by atoms with Crippen LogP contribution in [0.2, 0.25) is 0 Å². The van der Waals surface area contributed by atoms with Crippen LogP contribution in [0.3, 0.4) is 0 Å².